The minimum atomic E-state index is 0. The van der Waals surface area contributed by atoms with Crippen LogP contribution >= 0.6 is 0 Å². The van der Waals surface area contributed by atoms with Gasteiger partial charge in [0.2, 0.25) is 0 Å². The maximum Gasteiger partial charge on any atom is 0 e. The molecule has 0 amide bonds. The van der Waals surface area contributed by atoms with Crippen LogP contribution in [0.15, 0.2) is 0 Å². The van der Waals surface area contributed by atoms with Crippen molar-refractivity contribution in [3.63, 3.8) is 0 Å². The Morgan fingerprint density at radius 2 is 0.833 bits per heavy atom. The van der Waals surface area contributed by atoms with Crippen LogP contribution in [-0.4, -0.2) is 0 Å². The van der Waals surface area contributed by atoms with E-state index in [1.807, 2.05) is 0 Å². The Balaban J connectivity index is 0. The normalized spacial score (nSPS) is 0. The van der Waals surface area contributed by atoms with Crippen molar-refractivity contribution in [1.82, 2.24) is 6.15 Å². The topological polar surface area (TPSA) is 30.5 Å². The Morgan fingerprint density at radius 3 is 0.833 bits per heavy atom. The summed E-state index contributed by atoms with van der Waals surface area (Å²) in [6.45, 7) is 0. The van der Waals surface area contributed by atoms with Gasteiger partial charge in [0, 0.05) is 90.6 Å². The van der Waals surface area contributed by atoms with Gasteiger partial charge in [-0.05, 0) is 0 Å². The largest absolute Gasteiger partial charge is 0 e. The molecule has 6 heavy (non-hydrogen) atoms. The van der Waals surface area contributed by atoms with Crippen LogP contribution in [-0.2, 0) is 84.5 Å². The zero-order valence-corrected chi connectivity index (χ0v) is 7.54. The van der Waals surface area contributed by atoms with Gasteiger partial charge < -0.3 is 0 Å². The van der Waals surface area contributed by atoms with Crippen LogP contribution in [0.2, 0.25) is 0 Å². The van der Waals surface area contributed by atoms with Crippen LogP contribution in [0.3, 0.4) is 0 Å². The first-order chi connectivity index (χ1) is 0. The number of hydrogen-bond acceptors (Lipinski definition) is 0. The summed E-state index contributed by atoms with van der Waals surface area (Å²) in [6, 6.07) is 0. The van der Waals surface area contributed by atoms with Crippen LogP contribution in [0.5, 0.6) is 0 Å². The van der Waals surface area contributed by atoms with Gasteiger partial charge in [-0.15, -0.1) is 0 Å². The van der Waals surface area contributed by atoms with E-state index in [1.54, 1.807) is 0 Å². The molecule has 0 fully saturated rings. The Kier molecular flexibility index (Phi) is 637. The fourth-order valence-electron chi connectivity index (χ4n) is 0. The molecule has 0 aromatic heterocycles. The second-order valence-electron chi connectivity index (χ2n) is 0. The summed E-state index contributed by atoms with van der Waals surface area (Å²) in [5, 5.41) is 0. The van der Waals surface area contributed by atoms with Crippen molar-refractivity contribution in [3.05, 3.63) is 0 Å². The molecule has 0 atom stereocenters. The summed E-state index contributed by atoms with van der Waals surface area (Å²) in [7, 11) is 0. The molecular formula is CrCuMnNNi2. The van der Waals surface area contributed by atoms with Gasteiger partial charge in [0.15, 0.2) is 0 Å². The van der Waals surface area contributed by atoms with E-state index in [4.69, 9.17) is 0 Å². The Hall–Kier alpha value is 2.52. The average molecular weight is 302 g/mol. The molecule has 0 aromatic carbocycles. The molecule has 1 nitrogen and oxygen atoms in total. The third kappa shape index (κ3) is 31.3. The Bertz CT molecular complexity index is 13.5. The molecule has 0 bridgehead atoms. The van der Waals surface area contributed by atoms with E-state index in [9.17, 15) is 0 Å². The van der Waals surface area contributed by atoms with Crippen molar-refractivity contribution in [3.8, 4) is 0 Å². The predicted molar refractivity (Wildman–Crippen MR) is 2.13 cm³/mol. The predicted octanol–water partition coefficient (Wildman–Crippen LogP) is -0.493. The van der Waals surface area contributed by atoms with Gasteiger partial charge in [0.05, 0.1) is 0 Å². The van der Waals surface area contributed by atoms with E-state index in [-0.39, 0.29) is 90.6 Å². The van der Waals surface area contributed by atoms with Crippen LogP contribution in [0.1, 0.15) is 0 Å². The molecule has 6 heteroatoms. The quantitative estimate of drug-likeness (QED) is 0.541. The summed E-state index contributed by atoms with van der Waals surface area (Å²) in [5.74, 6) is 0. The minimum absolute atomic E-state index is 0. The van der Waals surface area contributed by atoms with Gasteiger partial charge in [-0.25, -0.2) is 0 Å². The van der Waals surface area contributed by atoms with Gasteiger partial charge in [-0.3, -0.25) is 0 Å². The van der Waals surface area contributed by atoms with E-state index < -0.39 is 0 Å². The second kappa shape index (κ2) is 50.4. The molecule has 0 heterocycles. The van der Waals surface area contributed by atoms with Gasteiger partial charge >= 0.3 is 0 Å². The zero-order chi connectivity index (χ0) is 0. The van der Waals surface area contributed by atoms with Gasteiger partial charge in [-0.2, -0.15) is 0 Å². The van der Waals surface area contributed by atoms with Crippen LogP contribution < -0.4 is 6.15 Å². The summed E-state index contributed by atoms with van der Waals surface area (Å²) in [6.07, 6.45) is 0. The molecule has 0 N–H and O–H groups in total. The minimum Gasteiger partial charge on any atom is 0 e. The first-order valence-corrected chi connectivity index (χ1v) is 0. The first kappa shape index (κ1) is 75.9. The molecule has 0 saturated heterocycles. The van der Waals surface area contributed by atoms with E-state index in [0.717, 1.165) is 0 Å². The van der Waals surface area contributed by atoms with Gasteiger partial charge in [0.1, 0.15) is 0 Å². The van der Waals surface area contributed by atoms with Crippen LogP contribution in [0.25, 0.3) is 0 Å². The van der Waals surface area contributed by atoms with Crippen molar-refractivity contribution in [2.75, 3.05) is 0 Å². The summed E-state index contributed by atoms with van der Waals surface area (Å²) < 4.78 is 0. The maximum absolute atomic E-state index is 0. The smallest absolute Gasteiger partial charge is 0 e. The van der Waals surface area contributed by atoms with Crippen molar-refractivity contribution >= 4 is 0 Å². The average Bonchev–Trinajstić information content (AvgIpc) is 0. The Morgan fingerprint density at radius 1 is 0.833 bits per heavy atom. The van der Waals surface area contributed by atoms with Crippen LogP contribution in [0, 0.1) is 0 Å². The van der Waals surface area contributed by atoms with Crippen molar-refractivity contribution in [1.29, 1.82) is 0 Å². The molecule has 0 rings (SSSR count). The third-order valence-corrected chi connectivity index (χ3v) is 0. The number of rotatable bonds is 0. The fraction of sp³-hybridized carbons (Fsp3) is 0. The van der Waals surface area contributed by atoms with E-state index >= 15 is 0 Å². The summed E-state index contributed by atoms with van der Waals surface area (Å²) >= 11 is 0. The molecule has 5 radical (unpaired) electrons. The molecule has 0 aliphatic heterocycles. The molecule has 0 unspecified atom stereocenters. The number of nitrogens with zero attached hydrogens (tertiary/aromatic N) is 1. The second-order valence-corrected chi connectivity index (χ2v) is 0. The van der Waals surface area contributed by atoms with Crippen molar-refractivity contribution < 1.29 is 84.5 Å². The standard InChI is InChI=1S/Cr.Cu.Mn.N.2Ni. The fourth-order valence-corrected chi connectivity index (χ4v) is 0. The summed E-state index contributed by atoms with van der Waals surface area (Å²) in [4.78, 5) is 0. The van der Waals surface area contributed by atoms with Gasteiger partial charge in [0.25, 0.3) is 0 Å². The third-order valence-electron chi connectivity index (χ3n) is 0. The maximum atomic E-state index is 0. The molecular weight excluding hydrogens is 302 g/mol. The van der Waals surface area contributed by atoms with Gasteiger partial charge in [-0.1, -0.05) is 0 Å². The Labute approximate surface area is 89.7 Å². The SMILES string of the molecule is [Cr].[Cu].[Mn].[N].[Ni].[Ni]. The number of hydrogen-bond donors (Lipinski definition) is 0. The van der Waals surface area contributed by atoms with E-state index in [0.29, 0.717) is 0 Å². The van der Waals surface area contributed by atoms with E-state index in [2.05, 4.69) is 0 Å². The van der Waals surface area contributed by atoms with Crippen molar-refractivity contribution in [2.24, 2.45) is 0 Å². The van der Waals surface area contributed by atoms with Crippen LogP contribution in [0.4, 0.5) is 0 Å². The molecule has 0 saturated carbocycles. The summed E-state index contributed by atoms with van der Waals surface area (Å²) in [5.41, 5.74) is 0. The monoisotopic (exact) mass is 300 g/mol. The first-order valence-electron chi connectivity index (χ1n) is 0. The zero-order valence-electron chi connectivity index (χ0n) is 2.17. The molecule has 0 aliphatic rings. The molecule has 49 valence electrons. The van der Waals surface area contributed by atoms with E-state index in [1.165, 1.54) is 0 Å². The molecule has 0 aliphatic carbocycles. The molecule has 0 aromatic rings. The van der Waals surface area contributed by atoms with Crippen molar-refractivity contribution in [2.45, 2.75) is 0 Å². The molecule has 0 spiro atoms.